The molecule has 0 radical (unpaired) electrons. The SMILES string of the molecule is CCCCCC(C)OC(=O)/C=C/C(=O)Oc1ccc(Br)cc1. The van der Waals surface area contributed by atoms with Crippen molar-refractivity contribution in [3.63, 3.8) is 0 Å². The van der Waals surface area contributed by atoms with Crippen molar-refractivity contribution in [2.45, 2.75) is 45.6 Å². The number of hydrogen-bond acceptors (Lipinski definition) is 4. The Balaban J connectivity index is 2.34. The number of rotatable bonds is 8. The van der Waals surface area contributed by atoms with Crippen molar-refractivity contribution < 1.29 is 19.1 Å². The van der Waals surface area contributed by atoms with E-state index in [4.69, 9.17) is 9.47 Å². The molecule has 0 aliphatic carbocycles. The Labute approximate surface area is 139 Å². The van der Waals surface area contributed by atoms with Crippen molar-refractivity contribution in [1.29, 1.82) is 0 Å². The van der Waals surface area contributed by atoms with Crippen molar-refractivity contribution in [3.8, 4) is 5.75 Å². The molecule has 1 unspecified atom stereocenters. The van der Waals surface area contributed by atoms with Gasteiger partial charge in [-0.3, -0.25) is 0 Å². The first-order chi connectivity index (χ1) is 10.5. The van der Waals surface area contributed by atoms with Crippen LogP contribution in [0.4, 0.5) is 0 Å². The first kappa shape index (κ1) is 18.4. The molecule has 0 aromatic heterocycles. The molecule has 22 heavy (non-hydrogen) atoms. The molecule has 0 saturated carbocycles. The van der Waals surface area contributed by atoms with Gasteiger partial charge in [-0.25, -0.2) is 9.59 Å². The maximum Gasteiger partial charge on any atom is 0.336 e. The number of carbonyl (C=O) groups is 2. The van der Waals surface area contributed by atoms with E-state index in [1.165, 1.54) is 0 Å². The molecule has 0 N–H and O–H groups in total. The summed E-state index contributed by atoms with van der Waals surface area (Å²) < 4.78 is 11.1. The normalized spacial score (nSPS) is 12.1. The summed E-state index contributed by atoms with van der Waals surface area (Å²) in [6.45, 7) is 3.97. The fraction of sp³-hybridized carbons (Fsp3) is 0.412. The zero-order valence-electron chi connectivity index (χ0n) is 12.9. The number of ether oxygens (including phenoxy) is 2. The zero-order valence-corrected chi connectivity index (χ0v) is 14.5. The molecule has 0 bridgehead atoms. The molecule has 1 aromatic rings. The van der Waals surface area contributed by atoms with Crippen molar-refractivity contribution >= 4 is 27.9 Å². The van der Waals surface area contributed by atoms with Gasteiger partial charge in [0.05, 0.1) is 6.10 Å². The van der Waals surface area contributed by atoms with Gasteiger partial charge < -0.3 is 9.47 Å². The second-order valence-corrected chi connectivity index (χ2v) is 5.87. The third-order valence-electron chi connectivity index (χ3n) is 2.92. The molecule has 0 spiro atoms. The van der Waals surface area contributed by atoms with Gasteiger partial charge in [0, 0.05) is 16.6 Å². The standard InChI is InChI=1S/C17H21BrO4/c1-3-4-5-6-13(2)21-16(19)11-12-17(20)22-15-9-7-14(18)8-10-15/h7-13H,3-6H2,1-2H3/b12-11+. The average molecular weight is 369 g/mol. The number of hydrogen-bond donors (Lipinski definition) is 0. The molecular weight excluding hydrogens is 348 g/mol. The Kier molecular flexibility index (Phi) is 8.51. The first-order valence-electron chi connectivity index (χ1n) is 7.37. The van der Waals surface area contributed by atoms with Crippen LogP contribution in [0.5, 0.6) is 5.75 Å². The van der Waals surface area contributed by atoms with Gasteiger partial charge in [-0.2, -0.15) is 0 Å². The Morgan fingerprint density at radius 2 is 1.77 bits per heavy atom. The molecule has 0 saturated heterocycles. The lowest BCUT2D eigenvalue weighted by Gasteiger charge is -2.10. The minimum Gasteiger partial charge on any atom is -0.460 e. The largest absolute Gasteiger partial charge is 0.460 e. The second-order valence-electron chi connectivity index (χ2n) is 4.95. The van der Waals surface area contributed by atoms with Gasteiger partial charge in [0.25, 0.3) is 0 Å². The number of unbranched alkanes of at least 4 members (excludes halogenated alkanes) is 2. The molecule has 0 aliphatic heterocycles. The van der Waals surface area contributed by atoms with Crippen molar-refractivity contribution in [2.24, 2.45) is 0 Å². The van der Waals surface area contributed by atoms with Crippen LogP contribution in [0.2, 0.25) is 0 Å². The fourth-order valence-corrected chi connectivity index (χ4v) is 2.03. The van der Waals surface area contributed by atoms with E-state index in [1.807, 2.05) is 6.92 Å². The molecule has 1 atom stereocenters. The highest BCUT2D eigenvalue weighted by Crippen LogP contribution is 2.16. The van der Waals surface area contributed by atoms with E-state index in [0.717, 1.165) is 42.3 Å². The van der Waals surface area contributed by atoms with Gasteiger partial charge in [0.15, 0.2) is 0 Å². The third-order valence-corrected chi connectivity index (χ3v) is 3.45. The summed E-state index contributed by atoms with van der Waals surface area (Å²) in [5.74, 6) is -0.728. The molecule has 0 aliphatic rings. The van der Waals surface area contributed by atoms with Crippen LogP contribution >= 0.6 is 15.9 Å². The zero-order chi connectivity index (χ0) is 16.4. The Morgan fingerprint density at radius 1 is 1.14 bits per heavy atom. The van der Waals surface area contributed by atoms with Crippen LogP contribution in [-0.2, 0) is 14.3 Å². The van der Waals surface area contributed by atoms with E-state index in [0.29, 0.717) is 5.75 Å². The van der Waals surface area contributed by atoms with Crippen LogP contribution in [0.25, 0.3) is 0 Å². The predicted octanol–water partition coefficient (Wildman–Crippen LogP) is 4.42. The molecule has 1 rings (SSSR count). The van der Waals surface area contributed by atoms with Crippen LogP contribution in [0.1, 0.15) is 39.5 Å². The van der Waals surface area contributed by atoms with Gasteiger partial charge in [-0.15, -0.1) is 0 Å². The van der Waals surface area contributed by atoms with E-state index < -0.39 is 11.9 Å². The van der Waals surface area contributed by atoms with E-state index in [1.54, 1.807) is 24.3 Å². The van der Waals surface area contributed by atoms with Gasteiger partial charge in [0.2, 0.25) is 0 Å². The summed E-state index contributed by atoms with van der Waals surface area (Å²) >= 11 is 3.29. The van der Waals surface area contributed by atoms with Crippen molar-refractivity contribution in [2.75, 3.05) is 0 Å². The van der Waals surface area contributed by atoms with E-state index in [2.05, 4.69) is 22.9 Å². The molecule has 5 heteroatoms. The molecular formula is C17H21BrO4. The lowest BCUT2D eigenvalue weighted by Crippen LogP contribution is -2.13. The lowest BCUT2D eigenvalue weighted by molar-refractivity contribution is -0.143. The smallest absolute Gasteiger partial charge is 0.336 e. The number of halogens is 1. The number of esters is 2. The number of carbonyl (C=O) groups excluding carboxylic acids is 2. The molecule has 120 valence electrons. The summed E-state index contributed by atoms with van der Waals surface area (Å²) in [6, 6.07) is 6.84. The average Bonchev–Trinajstić information content (AvgIpc) is 2.48. The van der Waals surface area contributed by atoms with Crippen LogP contribution in [0.15, 0.2) is 40.9 Å². The van der Waals surface area contributed by atoms with Gasteiger partial charge >= 0.3 is 11.9 Å². The maximum absolute atomic E-state index is 11.6. The third kappa shape index (κ3) is 7.98. The van der Waals surface area contributed by atoms with Gasteiger partial charge in [0.1, 0.15) is 5.75 Å². The second kappa shape index (κ2) is 10.2. The van der Waals surface area contributed by atoms with Crippen LogP contribution in [-0.4, -0.2) is 18.0 Å². The van der Waals surface area contributed by atoms with Gasteiger partial charge in [-0.1, -0.05) is 35.7 Å². The number of benzene rings is 1. The molecule has 1 aromatic carbocycles. The minimum absolute atomic E-state index is 0.147. The van der Waals surface area contributed by atoms with Crippen LogP contribution in [0, 0.1) is 0 Å². The highest BCUT2D eigenvalue weighted by atomic mass is 79.9. The topological polar surface area (TPSA) is 52.6 Å². The minimum atomic E-state index is -0.613. The Hall–Kier alpha value is -1.62. The molecule has 0 fully saturated rings. The summed E-state index contributed by atoms with van der Waals surface area (Å²) in [5.41, 5.74) is 0. The molecule has 4 nitrogen and oxygen atoms in total. The van der Waals surface area contributed by atoms with E-state index in [9.17, 15) is 9.59 Å². The lowest BCUT2D eigenvalue weighted by atomic mass is 10.1. The van der Waals surface area contributed by atoms with Crippen molar-refractivity contribution in [1.82, 2.24) is 0 Å². The molecule has 0 amide bonds. The fourth-order valence-electron chi connectivity index (χ4n) is 1.77. The predicted molar refractivity (Wildman–Crippen MR) is 88.6 cm³/mol. The highest BCUT2D eigenvalue weighted by molar-refractivity contribution is 9.10. The summed E-state index contributed by atoms with van der Waals surface area (Å²) in [7, 11) is 0. The Bertz CT molecular complexity index is 508. The summed E-state index contributed by atoms with van der Waals surface area (Å²) in [5, 5.41) is 0. The van der Waals surface area contributed by atoms with Crippen molar-refractivity contribution in [3.05, 3.63) is 40.9 Å². The monoisotopic (exact) mass is 368 g/mol. The van der Waals surface area contributed by atoms with Crippen LogP contribution in [0.3, 0.4) is 0 Å². The highest BCUT2D eigenvalue weighted by Gasteiger charge is 2.07. The maximum atomic E-state index is 11.6. The van der Waals surface area contributed by atoms with Crippen LogP contribution < -0.4 is 4.74 Å². The van der Waals surface area contributed by atoms with E-state index >= 15 is 0 Å². The quantitative estimate of drug-likeness (QED) is 0.295. The van der Waals surface area contributed by atoms with E-state index in [-0.39, 0.29) is 6.10 Å². The van der Waals surface area contributed by atoms with Gasteiger partial charge in [-0.05, 0) is 44.0 Å². The molecule has 0 heterocycles. The first-order valence-corrected chi connectivity index (χ1v) is 8.16. The Morgan fingerprint density at radius 3 is 2.41 bits per heavy atom. The summed E-state index contributed by atoms with van der Waals surface area (Å²) in [6.07, 6.45) is 6.13. The summed E-state index contributed by atoms with van der Waals surface area (Å²) in [4.78, 5) is 23.1.